The van der Waals surface area contributed by atoms with Crippen molar-refractivity contribution in [1.82, 2.24) is 4.90 Å². The fraction of sp³-hybridized carbons (Fsp3) is 0.647. The van der Waals surface area contributed by atoms with Crippen LogP contribution in [0.25, 0.3) is 0 Å². The van der Waals surface area contributed by atoms with E-state index in [1.54, 1.807) is 0 Å². The van der Waals surface area contributed by atoms with Crippen molar-refractivity contribution in [3.63, 3.8) is 0 Å². The average molecular weight is 260 g/mol. The van der Waals surface area contributed by atoms with Gasteiger partial charge in [-0.05, 0) is 63.7 Å². The molecule has 0 saturated carbocycles. The molecule has 0 aliphatic carbocycles. The molecule has 2 nitrogen and oxygen atoms in total. The van der Waals surface area contributed by atoms with Crippen LogP contribution in [-0.4, -0.2) is 29.6 Å². The van der Waals surface area contributed by atoms with Gasteiger partial charge in [0.1, 0.15) is 0 Å². The molecule has 2 rings (SSSR count). The van der Waals surface area contributed by atoms with Crippen LogP contribution < -0.4 is 5.73 Å². The first-order chi connectivity index (χ1) is 9.04. The number of aryl methyl sites for hydroxylation is 1. The molecule has 1 aromatic carbocycles. The Morgan fingerprint density at radius 2 is 1.63 bits per heavy atom. The Labute approximate surface area is 118 Å². The fourth-order valence-electron chi connectivity index (χ4n) is 2.94. The maximum absolute atomic E-state index is 6.49. The van der Waals surface area contributed by atoms with Crippen LogP contribution in [0.2, 0.25) is 0 Å². The summed E-state index contributed by atoms with van der Waals surface area (Å²) in [5.74, 6) is 0. The van der Waals surface area contributed by atoms with Crippen LogP contribution in [-0.2, 0) is 12.8 Å². The number of likely N-dealkylation sites (tertiary alicyclic amines) is 1. The van der Waals surface area contributed by atoms with Crippen LogP contribution in [0.4, 0.5) is 0 Å². The van der Waals surface area contributed by atoms with Crippen LogP contribution in [0.1, 0.15) is 44.7 Å². The quantitative estimate of drug-likeness (QED) is 0.882. The lowest BCUT2D eigenvalue weighted by molar-refractivity contribution is 0.123. The predicted octanol–water partition coefficient (Wildman–Crippen LogP) is 2.99. The van der Waals surface area contributed by atoms with Gasteiger partial charge in [0.25, 0.3) is 0 Å². The second-order valence-corrected chi connectivity index (χ2v) is 6.33. The van der Waals surface area contributed by atoms with Crippen molar-refractivity contribution in [3.8, 4) is 0 Å². The Morgan fingerprint density at radius 3 is 2.16 bits per heavy atom. The smallest absolute Gasteiger partial charge is 0.0307 e. The molecule has 1 atom stereocenters. The molecule has 1 saturated heterocycles. The van der Waals surface area contributed by atoms with E-state index in [9.17, 15) is 0 Å². The summed E-state index contributed by atoms with van der Waals surface area (Å²) in [6, 6.07) is 9.12. The van der Waals surface area contributed by atoms with Gasteiger partial charge >= 0.3 is 0 Å². The third-order valence-electron chi connectivity index (χ3n) is 4.72. The van der Waals surface area contributed by atoms with Crippen LogP contribution >= 0.6 is 0 Å². The lowest BCUT2D eigenvalue weighted by Gasteiger charge is -2.40. The molecule has 2 heteroatoms. The first kappa shape index (κ1) is 14.5. The van der Waals surface area contributed by atoms with E-state index < -0.39 is 0 Å². The van der Waals surface area contributed by atoms with Crippen molar-refractivity contribution in [1.29, 1.82) is 0 Å². The normalized spacial score (nSPS) is 18.7. The monoisotopic (exact) mass is 260 g/mol. The third kappa shape index (κ3) is 3.37. The predicted molar refractivity (Wildman–Crippen MR) is 82.4 cm³/mol. The topological polar surface area (TPSA) is 29.3 Å². The second-order valence-electron chi connectivity index (χ2n) is 6.33. The average Bonchev–Trinajstić information content (AvgIpc) is 2.94. The van der Waals surface area contributed by atoms with E-state index in [1.165, 1.54) is 37.1 Å². The maximum atomic E-state index is 6.49. The van der Waals surface area contributed by atoms with Gasteiger partial charge in [-0.3, -0.25) is 4.90 Å². The summed E-state index contributed by atoms with van der Waals surface area (Å²) < 4.78 is 0. The summed E-state index contributed by atoms with van der Waals surface area (Å²) in [4.78, 5) is 2.55. The molecule has 19 heavy (non-hydrogen) atoms. The van der Waals surface area contributed by atoms with E-state index >= 15 is 0 Å². The van der Waals surface area contributed by atoms with E-state index in [0.29, 0.717) is 0 Å². The highest BCUT2D eigenvalue weighted by molar-refractivity contribution is 5.23. The molecule has 1 aliphatic rings. The zero-order valence-corrected chi connectivity index (χ0v) is 12.7. The molecule has 0 amide bonds. The summed E-state index contributed by atoms with van der Waals surface area (Å²) in [7, 11) is 0. The van der Waals surface area contributed by atoms with Crippen molar-refractivity contribution < 1.29 is 0 Å². The number of benzene rings is 1. The van der Waals surface area contributed by atoms with E-state index in [4.69, 9.17) is 5.73 Å². The van der Waals surface area contributed by atoms with E-state index in [-0.39, 0.29) is 11.6 Å². The summed E-state index contributed by atoms with van der Waals surface area (Å²) in [6.07, 6.45) is 4.71. The van der Waals surface area contributed by atoms with Crippen LogP contribution in [0.3, 0.4) is 0 Å². The second kappa shape index (κ2) is 6.06. The number of nitrogens with zero attached hydrogens (tertiary/aromatic N) is 1. The third-order valence-corrected chi connectivity index (χ3v) is 4.72. The molecule has 1 aromatic rings. The maximum Gasteiger partial charge on any atom is 0.0307 e. The van der Waals surface area contributed by atoms with Crippen molar-refractivity contribution in [2.24, 2.45) is 5.73 Å². The van der Waals surface area contributed by atoms with Gasteiger partial charge in [-0.1, -0.05) is 31.2 Å². The molecular formula is C17H28N2. The summed E-state index contributed by atoms with van der Waals surface area (Å²) in [5, 5.41) is 0. The molecule has 0 radical (unpaired) electrons. The van der Waals surface area contributed by atoms with E-state index in [1.807, 2.05) is 0 Å². The molecule has 1 unspecified atom stereocenters. The van der Waals surface area contributed by atoms with Gasteiger partial charge in [-0.15, -0.1) is 0 Å². The highest BCUT2D eigenvalue weighted by atomic mass is 15.2. The largest absolute Gasteiger partial charge is 0.326 e. The molecule has 1 heterocycles. The first-order valence-corrected chi connectivity index (χ1v) is 7.62. The molecule has 1 aliphatic heterocycles. The minimum Gasteiger partial charge on any atom is -0.326 e. The lowest BCUT2D eigenvalue weighted by Crippen LogP contribution is -2.55. The molecule has 0 spiro atoms. The van der Waals surface area contributed by atoms with Crippen molar-refractivity contribution in [2.45, 2.75) is 58.0 Å². The molecule has 106 valence electrons. The minimum absolute atomic E-state index is 0.0972. The lowest BCUT2D eigenvalue weighted by atomic mass is 9.88. The van der Waals surface area contributed by atoms with Gasteiger partial charge in [0.15, 0.2) is 0 Å². The molecule has 0 bridgehead atoms. The number of hydrogen-bond acceptors (Lipinski definition) is 2. The highest BCUT2D eigenvalue weighted by Crippen LogP contribution is 2.25. The summed E-state index contributed by atoms with van der Waals surface area (Å²) in [6.45, 7) is 9.19. The zero-order chi connectivity index (χ0) is 13.9. The zero-order valence-electron chi connectivity index (χ0n) is 12.7. The van der Waals surface area contributed by atoms with E-state index in [2.05, 4.69) is 49.9 Å². The Hall–Kier alpha value is -0.860. The van der Waals surface area contributed by atoms with Gasteiger partial charge in [0, 0.05) is 11.6 Å². The molecular weight excluding hydrogens is 232 g/mol. The van der Waals surface area contributed by atoms with E-state index in [0.717, 1.165) is 12.8 Å². The molecule has 1 fully saturated rings. The summed E-state index contributed by atoms with van der Waals surface area (Å²) >= 11 is 0. The van der Waals surface area contributed by atoms with Crippen molar-refractivity contribution >= 4 is 0 Å². The van der Waals surface area contributed by atoms with Gasteiger partial charge in [-0.2, -0.15) is 0 Å². The highest BCUT2D eigenvalue weighted by Gasteiger charge is 2.34. The first-order valence-electron chi connectivity index (χ1n) is 7.62. The van der Waals surface area contributed by atoms with Crippen LogP contribution in [0.5, 0.6) is 0 Å². The Balaban J connectivity index is 2.00. The fourth-order valence-corrected chi connectivity index (χ4v) is 2.94. The Morgan fingerprint density at radius 1 is 1.11 bits per heavy atom. The van der Waals surface area contributed by atoms with Gasteiger partial charge in [0.2, 0.25) is 0 Å². The van der Waals surface area contributed by atoms with Crippen LogP contribution in [0.15, 0.2) is 24.3 Å². The number of rotatable bonds is 5. The Kier molecular flexibility index (Phi) is 4.64. The standard InChI is InChI=1S/C17H28N2/c1-4-14-7-9-15(10-8-14)13-16(18)17(2,3)19-11-5-6-12-19/h7-10,16H,4-6,11-13,18H2,1-3H3. The van der Waals surface area contributed by atoms with Gasteiger partial charge < -0.3 is 5.73 Å². The number of hydrogen-bond donors (Lipinski definition) is 1. The SMILES string of the molecule is CCc1ccc(CC(N)C(C)(C)N2CCCC2)cc1. The van der Waals surface area contributed by atoms with Gasteiger partial charge in [-0.25, -0.2) is 0 Å². The summed E-state index contributed by atoms with van der Waals surface area (Å²) in [5.41, 5.74) is 9.35. The van der Waals surface area contributed by atoms with Crippen molar-refractivity contribution in [3.05, 3.63) is 35.4 Å². The number of nitrogens with two attached hydrogens (primary N) is 1. The van der Waals surface area contributed by atoms with Gasteiger partial charge in [0.05, 0.1) is 0 Å². The minimum atomic E-state index is 0.0972. The molecule has 0 aromatic heterocycles. The Bertz CT molecular complexity index is 388. The van der Waals surface area contributed by atoms with Crippen molar-refractivity contribution in [2.75, 3.05) is 13.1 Å². The molecule has 2 N–H and O–H groups in total. The van der Waals surface area contributed by atoms with Crippen LogP contribution in [0, 0.1) is 0 Å².